The smallest absolute Gasteiger partial charge is 0.166 e. The molecule has 0 amide bonds. The highest BCUT2D eigenvalue weighted by Gasteiger charge is 2.14. The van der Waals surface area contributed by atoms with Crippen LogP contribution in [0, 0.1) is 5.82 Å². The van der Waals surface area contributed by atoms with E-state index in [1.165, 1.54) is 12.1 Å². The van der Waals surface area contributed by atoms with Gasteiger partial charge in [-0.25, -0.2) is 13.9 Å². The van der Waals surface area contributed by atoms with Crippen LogP contribution in [0.15, 0.2) is 41.7 Å². The number of aromatic nitrogens is 3. The summed E-state index contributed by atoms with van der Waals surface area (Å²) < 4.78 is 21.3. The molecule has 1 aromatic carbocycles. The Morgan fingerprint density at radius 1 is 1.28 bits per heavy atom. The van der Waals surface area contributed by atoms with Crippen molar-refractivity contribution in [1.82, 2.24) is 14.6 Å². The van der Waals surface area contributed by atoms with Gasteiger partial charge >= 0.3 is 0 Å². The van der Waals surface area contributed by atoms with Crippen molar-refractivity contribution >= 4 is 17.7 Å². The van der Waals surface area contributed by atoms with Crippen LogP contribution in [0.3, 0.4) is 0 Å². The van der Waals surface area contributed by atoms with Crippen molar-refractivity contribution in [3.8, 4) is 5.75 Å². The zero-order chi connectivity index (χ0) is 17.2. The first kappa shape index (κ1) is 15.6. The molecular formula is C18H18FN5O. The predicted molar refractivity (Wildman–Crippen MR) is 94.1 cm³/mol. The third-order valence-corrected chi connectivity index (χ3v) is 4.18. The van der Waals surface area contributed by atoms with E-state index in [2.05, 4.69) is 15.0 Å². The summed E-state index contributed by atoms with van der Waals surface area (Å²) in [5.41, 5.74) is 2.40. The van der Waals surface area contributed by atoms with Crippen molar-refractivity contribution in [2.45, 2.75) is 13.5 Å². The van der Waals surface area contributed by atoms with Crippen LogP contribution in [-0.2, 0) is 6.54 Å². The summed E-state index contributed by atoms with van der Waals surface area (Å²) in [6.45, 7) is 4.22. The van der Waals surface area contributed by atoms with Crippen molar-refractivity contribution in [3.63, 3.8) is 0 Å². The summed E-state index contributed by atoms with van der Waals surface area (Å²) in [6.07, 6.45) is 5.39. The molecule has 3 aromatic rings. The molecule has 2 aromatic heterocycles. The normalized spacial score (nSPS) is 14.6. The first-order valence-electron chi connectivity index (χ1n) is 8.25. The van der Waals surface area contributed by atoms with Gasteiger partial charge in [-0.15, -0.1) is 0 Å². The molecule has 0 radical (unpaired) electrons. The molecule has 0 fully saturated rings. The molecule has 0 spiro atoms. The van der Waals surface area contributed by atoms with Crippen LogP contribution in [0.25, 0.3) is 5.65 Å². The molecule has 1 aliphatic heterocycles. The Balaban J connectivity index is 1.82. The van der Waals surface area contributed by atoms with Gasteiger partial charge in [-0.2, -0.15) is 5.10 Å². The van der Waals surface area contributed by atoms with Crippen LogP contribution in [0.1, 0.15) is 18.1 Å². The lowest BCUT2D eigenvalue weighted by atomic mass is 10.1. The van der Waals surface area contributed by atoms with Gasteiger partial charge in [0.2, 0.25) is 0 Å². The molecule has 0 saturated heterocycles. The monoisotopic (exact) mass is 339 g/mol. The van der Waals surface area contributed by atoms with E-state index in [4.69, 9.17) is 9.72 Å². The fourth-order valence-corrected chi connectivity index (χ4v) is 2.89. The zero-order valence-electron chi connectivity index (χ0n) is 13.9. The van der Waals surface area contributed by atoms with Crippen LogP contribution in [0.4, 0.5) is 10.2 Å². The fraction of sp³-hybridized carbons (Fsp3) is 0.278. The van der Waals surface area contributed by atoms with Crippen LogP contribution in [0.2, 0.25) is 0 Å². The van der Waals surface area contributed by atoms with E-state index in [1.54, 1.807) is 23.0 Å². The van der Waals surface area contributed by atoms with Gasteiger partial charge in [0.25, 0.3) is 0 Å². The molecule has 3 heterocycles. The number of aliphatic imine (C=N–C) groups is 1. The number of benzene rings is 1. The molecule has 0 unspecified atom stereocenters. The Labute approximate surface area is 144 Å². The van der Waals surface area contributed by atoms with Crippen molar-refractivity contribution in [3.05, 3.63) is 53.6 Å². The maximum Gasteiger partial charge on any atom is 0.166 e. The lowest BCUT2D eigenvalue weighted by molar-refractivity contribution is 0.324. The summed E-state index contributed by atoms with van der Waals surface area (Å²) in [7, 11) is 0. The number of ether oxygens (including phenoxy) is 1. The molecule has 7 heteroatoms. The van der Waals surface area contributed by atoms with Gasteiger partial charge < -0.3 is 9.64 Å². The van der Waals surface area contributed by atoms with Gasteiger partial charge in [-0.3, -0.25) is 4.99 Å². The Hall–Kier alpha value is -2.96. The van der Waals surface area contributed by atoms with Gasteiger partial charge in [-0.1, -0.05) is 0 Å². The highest BCUT2D eigenvalue weighted by atomic mass is 19.1. The van der Waals surface area contributed by atoms with E-state index in [-0.39, 0.29) is 5.82 Å². The molecule has 128 valence electrons. The lowest BCUT2D eigenvalue weighted by Gasteiger charge is -2.23. The Bertz CT molecular complexity index is 936. The summed E-state index contributed by atoms with van der Waals surface area (Å²) in [5.74, 6) is 1.21. The SMILES string of the molecule is CCN1Cc2cc(F)ccc2OCCN=Cc2cnn3ccc1nc23. The largest absolute Gasteiger partial charge is 0.491 e. The van der Waals surface area contributed by atoms with Crippen LogP contribution in [0.5, 0.6) is 5.75 Å². The van der Waals surface area contributed by atoms with Gasteiger partial charge in [0.15, 0.2) is 5.65 Å². The van der Waals surface area contributed by atoms with Crippen molar-refractivity contribution < 1.29 is 9.13 Å². The van der Waals surface area contributed by atoms with Gasteiger partial charge in [-0.05, 0) is 31.2 Å². The molecule has 0 saturated carbocycles. The highest BCUT2D eigenvalue weighted by Crippen LogP contribution is 2.24. The highest BCUT2D eigenvalue weighted by molar-refractivity contribution is 5.87. The van der Waals surface area contributed by atoms with E-state index < -0.39 is 0 Å². The average molecular weight is 339 g/mol. The molecule has 0 atom stereocenters. The summed E-state index contributed by atoms with van der Waals surface area (Å²) >= 11 is 0. The van der Waals surface area contributed by atoms with E-state index in [1.807, 2.05) is 19.2 Å². The number of nitrogens with zero attached hydrogens (tertiary/aromatic N) is 5. The van der Waals surface area contributed by atoms with Crippen LogP contribution < -0.4 is 9.64 Å². The minimum atomic E-state index is -0.276. The molecule has 4 rings (SSSR count). The first-order chi connectivity index (χ1) is 12.2. The maximum absolute atomic E-state index is 13.7. The number of anilines is 1. The van der Waals surface area contributed by atoms with Crippen LogP contribution in [-0.4, -0.2) is 40.5 Å². The topological polar surface area (TPSA) is 55.0 Å². The minimum Gasteiger partial charge on any atom is -0.491 e. The first-order valence-corrected chi connectivity index (χ1v) is 8.25. The number of hydrogen-bond donors (Lipinski definition) is 0. The molecule has 1 aliphatic rings. The molecular weight excluding hydrogens is 321 g/mol. The summed E-state index contributed by atoms with van der Waals surface area (Å²) in [5, 5.41) is 4.29. The Morgan fingerprint density at radius 3 is 3.08 bits per heavy atom. The van der Waals surface area contributed by atoms with E-state index in [0.29, 0.717) is 25.4 Å². The maximum atomic E-state index is 13.7. The van der Waals surface area contributed by atoms with Crippen molar-refractivity contribution in [1.29, 1.82) is 0 Å². The van der Waals surface area contributed by atoms with Crippen molar-refractivity contribution in [2.24, 2.45) is 4.99 Å². The fourth-order valence-electron chi connectivity index (χ4n) is 2.89. The number of halogens is 1. The summed E-state index contributed by atoms with van der Waals surface area (Å²) in [4.78, 5) is 11.2. The van der Waals surface area contributed by atoms with Crippen molar-refractivity contribution in [2.75, 3.05) is 24.6 Å². The lowest BCUT2D eigenvalue weighted by Crippen LogP contribution is -2.24. The molecule has 0 N–H and O–H groups in total. The molecule has 25 heavy (non-hydrogen) atoms. The Kier molecular flexibility index (Phi) is 4.05. The third-order valence-electron chi connectivity index (χ3n) is 4.18. The third kappa shape index (κ3) is 3.05. The molecule has 0 aliphatic carbocycles. The number of rotatable bonds is 1. The van der Waals surface area contributed by atoms with E-state index in [9.17, 15) is 4.39 Å². The molecule has 6 nitrogen and oxygen atoms in total. The van der Waals surface area contributed by atoms with E-state index >= 15 is 0 Å². The second-order valence-corrected chi connectivity index (χ2v) is 5.80. The van der Waals surface area contributed by atoms with E-state index in [0.717, 1.165) is 29.1 Å². The second-order valence-electron chi connectivity index (χ2n) is 5.80. The quantitative estimate of drug-likeness (QED) is 0.684. The average Bonchev–Trinajstić information content (AvgIpc) is 3.02. The zero-order valence-corrected chi connectivity index (χ0v) is 13.9. The van der Waals surface area contributed by atoms with Gasteiger partial charge in [0, 0.05) is 31.1 Å². The van der Waals surface area contributed by atoms with Gasteiger partial charge in [0.1, 0.15) is 24.0 Å². The van der Waals surface area contributed by atoms with Crippen LogP contribution >= 0.6 is 0 Å². The standard InChI is InChI=1S/C18H18FN5O/c1-2-23-12-13-9-15(19)3-4-16(13)25-8-6-20-10-14-11-21-24-7-5-17(23)22-18(14)24/h3-5,7,9-11H,2,6,8,12H2,1H3. The summed E-state index contributed by atoms with van der Waals surface area (Å²) in [6, 6.07) is 6.51. The predicted octanol–water partition coefficient (Wildman–Crippen LogP) is 2.71. The second kappa shape index (κ2) is 6.51. The molecule has 2 bridgehead atoms. The Morgan fingerprint density at radius 2 is 2.20 bits per heavy atom. The minimum absolute atomic E-state index is 0.276. The number of fused-ring (bicyclic) bond motifs is 2. The number of hydrogen-bond acceptors (Lipinski definition) is 5. The van der Waals surface area contributed by atoms with Gasteiger partial charge in [0.05, 0.1) is 18.3 Å².